The molecular weight excluding hydrogens is 316 g/mol. The second-order valence-electron chi connectivity index (χ2n) is 6.49. The molecule has 2 heterocycles. The highest BCUT2D eigenvalue weighted by atomic mass is 16.1. The van der Waals surface area contributed by atoms with Gasteiger partial charge in [-0.15, -0.1) is 0 Å². The van der Waals surface area contributed by atoms with Gasteiger partial charge in [-0.1, -0.05) is 30.3 Å². The van der Waals surface area contributed by atoms with Gasteiger partial charge in [-0.3, -0.25) is 9.48 Å². The molecule has 1 amide bonds. The SMILES string of the molecule is Cn1nc(-c2nc(CC(N)=O)nn2Cc2ccccc2)cc1C1CC1. The maximum atomic E-state index is 11.3. The minimum absolute atomic E-state index is 0.0249. The van der Waals surface area contributed by atoms with Crippen LogP contribution in [0.5, 0.6) is 0 Å². The van der Waals surface area contributed by atoms with Crippen LogP contribution in [0.2, 0.25) is 0 Å². The first-order valence-corrected chi connectivity index (χ1v) is 8.40. The molecule has 7 nitrogen and oxygen atoms in total. The van der Waals surface area contributed by atoms with E-state index in [0.29, 0.717) is 24.1 Å². The third-order valence-corrected chi connectivity index (χ3v) is 4.36. The smallest absolute Gasteiger partial charge is 0.225 e. The number of primary amides is 1. The zero-order valence-corrected chi connectivity index (χ0v) is 14.1. The van der Waals surface area contributed by atoms with E-state index in [9.17, 15) is 4.79 Å². The Hall–Kier alpha value is -2.96. The van der Waals surface area contributed by atoms with E-state index in [1.807, 2.05) is 42.1 Å². The van der Waals surface area contributed by atoms with Gasteiger partial charge in [0.1, 0.15) is 5.69 Å². The first-order chi connectivity index (χ1) is 12.1. The first-order valence-electron chi connectivity index (χ1n) is 8.40. The molecule has 4 rings (SSSR count). The van der Waals surface area contributed by atoms with Crippen LogP contribution in [0.25, 0.3) is 11.5 Å². The molecule has 1 fully saturated rings. The Kier molecular flexibility index (Phi) is 3.83. The van der Waals surface area contributed by atoms with Crippen LogP contribution >= 0.6 is 0 Å². The average molecular weight is 336 g/mol. The van der Waals surface area contributed by atoms with Crippen LogP contribution in [0.15, 0.2) is 36.4 Å². The van der Waals surface area contributed by atoms with Gasteiger partial charge in [0.15, 0.2) is 11.6 Å². The van der Waals surface area contributed by atoms with E-state index in [1.54, 1.807) is 4.68 Å². The van der Waals surface area contributed by atoms with Gasteiger partial charge in [-0.25, -0.2) is 9.67 Å². The Labute approximate surface area is 145 Å². The molecule has 0 aliphatic heterocycles. The summed E-state index contributed by atoms with van der Waals surface area (Å²) in [5, 5.41) is 9.09. The van der Waals surface area contributed by atoms with Crippen molar-refractivity contribution in [3.05, 3.63) is 53.5 Å². The van der Waals surface area contributed by atoms with Gasteiger partial charge in [-0.05, 0) is 24.5 Å². The van der Waals surface area contributed by atoms with E-state index in [0.717, 1.165) is 11.3 Å². The van der Waals surface area contributed by atoms with Crippen molar-refractivity contribution >= 4 is 5.91 Å². The van der Waals surface area contributed by atoms with Crippen molar-refractivity contribution in [2.45, 2.75) is 31.7 Å². The van der Waals surface area contributed by atoms with Gasteiger partial charge in [0.2, 0.25) is 5.91 Å². The normalized spacial score (nSPS) is 14.0. The molecule has 3 aromatic rings. The third kappa shape index (κ3) is 3.31. The molecule has 1 aliphatic rings. The minimum atomic E-state index is -0.442. The molecule has 128 valence electrons. The highest BCUT2D eigenvalue weighted by Crippen LogP contribution is 2.40. The fraction of sp³-hybridized carbons (Fsp3) is 0.333. The summed E-state index contributed by atoms with van der Waals surface area (Å²) in [7, 11) is 1.96. The van der Waals surface area contributed by atoms with Crippen molar-refractivity contribution in [3.8, 4) is 11.5 Å². The van der Waals surface area contributed by atoms with Crippen molar-refractivity contribution in [1.29, 1.82) is 0 Å². The molecule has 0 atom stereocenters. The number of carbonyl (C=O) groups excluding carboxylic acids is 1. The molecule has 0 saturated heterocycles. The van der Waals surface area contributed by atoms with Crippen LogP contribution in [0.3, 0.4) is 0 Å². The number of hydrogen-bond acceptors (Lipinski definition) is 4. The van der Waals surface area contributed by atoms with Gasteiger partial charge in [0.25, 0.3) is 0 Å². The van der Waals surface area contributed by atoms with Crippen molar-refractivity contribution in [2.75, 3.05) is 0 Å². The molecule has 1 aromatic carbocycles. The molecule has 2 aromatic heterocycles. The van der Waals surface area contributed by atoms with E-state index in [1.165, 1.54) is 18.5 Å². The number of nitrogens with zero attached hydrogens (tertiary/aromatic N) is 5. The maximum absolute atomic E-state index is 11.3. The first kappa shape index (κ1) is 15.6. The number of hydrogen-bond donors (Lipinski definition) is 1. The number of rotatable bonds is 6. The Morgan fingerprint density at radius 2 is 2.00 bits per heavy atom. The zero-order chi connectivity index (χ0) is 17.4. The Morgan fingerprint density at radius 3 is 2.68 bits per heavy atom. The standard InChI is InChI=1S/C18H20N6O/c1-23-15(13-7-8-13)9-14(21-23)18-20-17(10-16(19)25)22-24(18)11-12-5-3-2-4-6-12/h2-6,9,13H,7-8,10-11H2,1H3,(H2,19,25). The van der Waals surface area contributed by atoms with Crippen molar-refractivity contribution in [1.82, 2.24) is 24.5 Å². The van der Waals surface area contributed by atoms with Crippen molar-refractivity contribution < 1.29 is 4.79 Å². The number of amides is 1. The summed E-state index contributed by atoms with van der Waals surface area (Å²) in [6.45, 7) is 0.567. The van der Waals surface area contributed by atoms with E-state index in [-0.39, 0.29) is 6.42 Å². The van der Waals surface area contributed by atoms with Crippen LogP contribution in [-0.4, -0.2) is 30.5 Å². The fourth-order valence-electron chi connectivity index (χ4n) is 3.03. The lowest BCUT2D eigenvalue weighted by atomic mass is 10.2. The van der Waals surface area contributed by atoms with Gasteiger partial charge >= 0.3 is 0 Å². The van der Waals surface area contributed by atoms with Crippen LogP contribution < -0.4 is 5.73 Å². The van der Waals surface area contributed by atoms with Crippen LogP contribution in [0, 0.1) is 0 Å². The fourth-order valence-corrected chi connectivity index (χ4v) is 3.03. The minimum Gasteiger partial charge on any atom is -0.369 e. The maximum Gasteiger partial charge on any atom is 0.225 e. The predicted molar refractivity (Wildman–Crippen MR) is 92.6 cm³/mol. The predicted octanol–water partition coefficient (Wildman–Crippen LogP) is 1.63. The van der Waals surface area contributed by atoms with Crippen LogP contribution in [0.1, 0.15) is 35.8 Å². The van der Waals surface area contributed by atoms with Gasteiger partial charge in [0, 0.05) is 18.7 Å². The van der Waals surface area contributed by atoms with E-state index in [2.05, 4.69) is 21.2 Å². The van der Waals surface area contributed by atoms with Crippen LogP contribution in [0.4, 0.5) is 0 Å². The highest BCUT2D eigenvalue weighted by Gasteiger charge is 2.28. The summed E-state index contributed by atoms with van der Waals surface area (Å²) >= 11 is 0. The lowest BCUT2D eigenvalue weighted by molar-refractivity contribution is -0.117. The molecule has 1 aliphatic carbocycles. The molecule has 1 saturated carbocycles. The molecule has 0 unspecified atom stereocenters. The zero-order valence-electron chi connectivity index (χ0n) is 14.1. The van der Waals surface area contributed by atoms with E-state index in [4.69, 9.17) is 5.73 Å². The average Bonchev–Trinajstić information content (AvgIpc) is 3.24. The Balaban J connectivity index is 1.72. The largest absolute Gasteiger partial charge is 0.369 e. The summed E-state index contributed by atoms with van der Waals surface area (Å²) in [5.74, 6) is 1.25. The third-order valence-electron chi connectivity index (χ3n) is 4.36. The summed E-state index contributed by atoms with van der Waals surface area (Å²) in [5.41, 5.74) is 8.42. The lowest BCUT2D eigenvalue weighted by Crippen LogP contribution is -2.15. The lowest BCUT2D eigenvalue weighted by Gasteiger charge is -2.04. The molecule has 0 radical (unpaired) electrons. The number of nitrogens with two attached hydrogens (primary N) is 1. The summed E-state index contributed by atoms with van der Waals surface area (Å²) in [6, 6.07) is 12.1. The van der Waals surface area contributed by atoms with Crippen molar-refractivity contribution in [3.63, 3.8) is 0 Å². The van der Waals surface area contributed by atoms with Crippen molar-refractivity contribution in [2.24, 2.45) is 12.8 Å². The summed E-state index contributed by atoms with van der Waals surface area (Å²) in [4.78, 5) is 15.8. The molecular formula is C18H20N6O. The molecule has 0 bridgehead atoms. The Bertz CT molecular complexity index is 907. The number of benzene rings is 1. The number of aryl methyl sites for hydroxylation is 1. The molecule has 25 heavy (non-hydrogen) atoms. The van der Waals surface area contributed by atoms with Crippen LogP contribution in [-0.2, 0) is 24.8 Å². The van der Waals surface area contributed by atoms with Gasteiger partial charge in [0.05, 0.1) is 13.0 Å². The van der Waals surface area contributed by atoms with Gasteiger partial charge < -0.3 is 5.73 Å². The van der Waals surface area contributed by atoms with Gasteiger partial charge in [-0.2, -0.15) is 10.2 Å². The monoisotopic (exact) mass is 336 g/mol. The summed E-state index contributed by atoms with van der Waals surface area (Å²) < 4.78 is 3.72. The Morgan fingerprint density at radius 1 is 1.24 bits per heavy atom. The van der Waals surface area contributed by atoms with E-state index >= 15 is 0 Å². The number of aromatic nitrogens is 5. The topological polar surface area (TPSA) is 91.6 Å². The summed E-state index contributed by atoms with van der Waals surface area (Å²) in [6.07, 6.45) is 2.45. The number of carbonyl (C=O) groups is 1. The second-order valence-corrected chi connectivity index (χ2v) is 6.49. The second kappa shape index (κ2) is 6.16. The highest BCUT2D eigenvalue weighted by molar-refractivity contribution is 5.75. The molecule has 0 spiro atoms. The molecule has 2 N–H and O–H groups in total. The molecule has 7 heteroatoms. The quantitative estimate of drug-likeness (QED) is 0.740. The van der Waals surface area contributed by atoms with E-state index < -0.39 is 5.91 Å².